The smallest absolute Gasteiger partial charge is 0.422 e. The predicted molar refractivity (Wildman–Crippen MR) is 104 cm³/mol. The van der Waals surface area contributed by atoms with E-state index in [-0.39, 0.29) is 24.8 Å². The maximum absolute atomic E-state index is 12.2. The number of hydrogen-bond donors (Lipinski definition) is 1. The molecule has 0 aliphatic carbocycles. The van der Waals surface area contributed by atoms with Gasteiger partial charge in [0.05, 0.1) is 17.1 Å². The van der Waals surface area contributed by atoms with E-state index in [9.17, 15) is 18.0 Å². The number of nitrogens with zero attached hydrogens (tertiary/aromatic N) is 2. The number of thiazole rings is 1. The van der Waals surface area contributed by atoms with Crippen molar-refractivity contribution >= 4 is 28.8 Å². The van der Waals surface area contributed by atoms with Gasteiger partial charge in [0.25, 0.3) is 0 Å². The van der Waals surface area contributed by atoms with Gasteiger partial charge in [0, 0.05) is 29.8 Å². The van der Waals surface area contributed by atoms with Crippen LogP contribution in [0, 0.1) is 0 Å². The van der Waals surface area contributed by atoms with Gasteiger partial charge >= 0.3 is 6.18 Å². The second-order valence-electron chi connectivity index (χ2n) is 5.98. The summed E-state index contributed by atoms with van der Waals surface area (Å²) in [6.45, 7) is -1.29. The molecule has 0 unspecified atom stereocenters. The molecule has 1 N–H and O–H groups in total. The number of hydrogen-bond acceptors (Lipinski definition) is 5. The van der Waals surface area contributed by atoms with E-state index in [2.05, 4.69) is 20.0 Å². The molecule has 0 spiro atoms. The molecule has 0 radical (unpaired) electrons. The van der Waals surface area contributed by atoms with Crippen molar-refractivity contribution in [2.75, 3.05) is 6.61 Å². The van der Waals surface area contributed by atoms with Crippen LogP contribution in [-0.2, 0) is 17.8 Å². The summed E-state index contributed by atoms with van der Waals surface area (Å²) in [7, 11) is 0. The molecule has 3 rings (SSSR count). The summed E-state index contributed by atoms with van der Waals surface area (Å²) < 4.78 is 41.2. The second kappa shape index (κ2) is 9.23. The number of amides is 1. The number of pyridine rings is 1. The van der Waals surface area contributed by atoms with Crippen molar-refractivity contribution in [2.24, 2.45) is 0 Å². The molecule has 2 heterocycles. The van der Waals surface area contributed by atoms with Gasteiger partial charge in [-0.1, -0.05) is 29.8 Å². The Hall–Kier alpha value is -2.65. The van der Waals surface area contributed by atoms with Crippen molar-refractivity contribution < 1.29 is 22.7 Å². The van der Waals surface area contributed by atoms with Gasteiger partial charge in [-0.3, -0.25) is 4.79 Å². The Bertz CT molecular complexity index is 995. The fourth-order valence-corrected chi connectivity index (χ4v) is 3.51. The summed E-state index contributed by atoms with van der Waals surface area (Å²) in [5.74, 6) is -0.423. The first-order valence-electron chi connectivity index (χ1n) is 8.40. The van der Waals surface area contributed by atoms with E-state index < -0.39 is 12.8 Å². The van der Waals surface area contributed by atoms with Gasteiger partial charge in [-0.15, -0.1) is 11.3 Å². The van der Waals surface area contributed by atoms with E-state index >= 15 is 0 Å². The average Bonchev–Trinajstić information content (AvgIpc) is 3.13. The number of rotatable bonds is 7. The number of alkyl halides is 3. The highest BCUT2D eigenvalue weighted by atomic mass is 35.5. The molecule has 1 aromatic carbocycles. The number of nitrogens with one attached hydrogen (secondary N) is 1. The normalized spacial score (nSPS) is 11.3. The van der Waals surface area contributed by atoms with Gasteiger partial charge in [-0.05, 0) is 17.7 Å². The Labute approximate surface area is 173 Å². The summed E-state index contributed by atoms with van der Waals surface area (Å²) in [5.41, 5.74) is 1.97. The lowest BCUT2D eigenvalue weighted by Gasteiger charge is -2.09. The summed E-state index contributed by atoms with van der Waals surface area (Å²) >= 11 is 7.55. The lowest BCUT2D eigenvalue weighted by Crippen LogP contribution is -2.24. The van der Waals surface area contributed by atoms with Gasteiger partial charge in [0.15, 0.2) is 6.61 Å². The van der Waals surface area contributed by atoms with E-state index in [0.29, 0.717) is 16.3 Å². The molecule has 3 aromatic rings. The Morgan fingerprint density at radius 2 is 2.03 bits per heavy atom. The first-order valence-corrected chi connectivity index (χ1v) is 9.66. The number of carbonyl (C=O) groups is 1. The molecule has 0 fully saturated rings. The van der Waals surface area contributed by atoms with Gasteiger partial charge in [-0.25, -0.2) is 9.97 Å². The van der Waals surface area contributed by atoms with Crippen LogP contribution in [0.1, 0.15) is 11.3 Å². The highest BCUT2D eigenvalue weighted by Crippen LogP contribution is 2.30. The third-order valence-corrected chi connectivity index (χ3v) is 4.92. The largest absolute Gasteiger partial charge is 0.468 e. The van der Waals surface area contributed by atoms with E-state index in [0.717, 1.165) is 10.6 Å². The minimum atomic E-state index is -4.44. The standard InChI is InChI=1S/C19H15ClF3N3O2S/c20-15-4-2-1-3-14(15)18-26-13(10-29-18)8-16(27)25-9-12-5-6-24-17(7-12)28-11-19(21,22)23/h1-7,10H,8-9,11H2,(H,25,27). The topological polar surface area (TPSA) is 64.1 Å². The first-order chi connectivity index (χ1) is 13.8. The van der Waals surface area contributed by atoms with Gasteiger partial charge in [0.1, 0.15) is 5.01 Å². The SMILES string of the molecule is O=C(Cc1csc(-c2ccccc2Cl)n1)NCc1ccnc(OCC(F)(F)F)c1. The number of benzene rings is 1. The Kier molecular flexibility index (Phi) is 6.71. The summed E-state index contributed by atoms with van der Waals surface area (Å²) in [6, 6.07) is 10.2. The van der Waals surface area contributed by atoms with Crippen molar-refractivity contribution in [2.45, 2.75) is 19.1 Å². The zero-order valence-electron chi connectivity index (χ0n) is 14.9. The molecule has 10 heteroatoms. The molecule has 0 saturated carbocycles. The molecule has 152 valence electrons. The number of carbonyl (C=O) groups excluding carboxylic acids is 1. The van der Waals surface area contributed by atoms with Crippen molar-refractivity contribution in [1.82, 2.24) is 15.3 Å². The van der Waals surface area contributed by atoms with E-state index in [4.69, 9.17) is 11.6 Å². The fourth-order valence-electron chi connectivity index (χ4n) is 2.37. The molecule has 0 saturated heterocycles. The van der Waals surface area contributed by atoms with Crippen LogP contribution in [0.5, 0.6) is 5.88 Å². The van der Waals surface area contributed by atoms with E-state index in [1.807, 2.05) is 18.2 Å². The summed E-state index contributed by atoms with van der Waals surface area (Å²) in [5, 5.41) is 5.79. The molecule has 0 aliphatic heterocycles. The molecule has 0 aliphatic rings. The van der Waals surface area contributed by atoms with Crippen molar-refractivity contribution in [3.05, 3.63) is 64.3 Å². The van der Waals surface area contributed by atoms with Crippen molar-refractivity contribution in [3.8, 4) is 16.5 Å². The lowest BCUT2D eigenvalue weighted by molar-refractivity contribution is -0.154. The van der Waals surface area contributed by atoms with Crippen LogP contribution in [0.3, 0.4) is 0 Å². The number of halogens is 4. The minimum absolute atomic E-state index is 0.0729. The molecule has 0 atom stereocenters. The Morgan fingerprint density at radius 1 is 1.24 bits per heavy atom. The zero-order valence-corrected chi connectivity index (χ0v) is 16.4. The first kappa shape index (κ1) is 21.1. The quantitative estimate of drug-likeness (QED) is 0.579. The molecule has 1 amide bonds. The maximum atomic E-state index is 12.2. The van der Waals surface area contributed by atoms with Crippen LogP contribution in [-0.4, -0.2) is 28.7 Å². The Balaban J connectivity index is 1.54. The van der Waals surface area contributed by atoms with Crippen LogP contribution in [0.4, 0.5) is 13.2 Å². The third-order valence-electron chi connectivity index (χ3n) is 3.67. The van der Waals surface area contributed by atoms with Crippen LogP contribution < -0.4 is 10.1 Å². The summed E-state index contributed by atoms with van der Waals surface area (Å²) in [6.07, 6.45) is -3.05. The maximum Gasteiger partial charge on any atom is 0.422 e. The predicted octanol–water partition coefficient (Wildman–Crippen LogP) is 4.66. The van der Waals surface area contributed by atoms with Crippen LogP contribution >= 0.6 is 22.9 Å². The fraction of sp³-hybridized carbons (Fsp3) is 0.211. The molecular formula is C19H15ClF3N3O2S. The van der Waals surface area contributed by atoms with E-state index in [1.165, 1.54) is 23.6 Å². The van der Waals surface area contributed by atoms with Crippen LogP contribution in [0.2, 0.25) is 5.02 Å². The van der Waals surface area contributed by atoms with Gasteiger partial charge < -0.3 is 10.1 Å². The minimum Gasteiger partial charge on any atom is -0.468 e. The van der Waals surface area contributed by atoms with E-state index in [1.54, 1.807) is 17.5 Å². The summed E-state index contributed by atoms with van der Waals surface area (Å²) in [4.78, 5) is 20.3. The van der Waals surface area contributed by atoms with Gasteiger partial charge in [0.2, 0.25) is 11.8 Å². The third kappa shape index (κ3) is 6.43. The van der Waals surface area contributed by atoms with Gasteiger partial charge in [-0.2, -0.15) is 13.2 Å². The monoisotopic (exact) mass is 441 g/mol. The highest BCUT2D eigenvalue weighted by Gasteiger charge is 2.28. The molecular weight excluding hydrogens is 427 g/mol. The lowest BCUT2D eigenvalue weighted by atomic mass is 10.2. The molecule has 2 aromatic heterocycles. The number of aromatic nitrogens is 2. The Morgan fingerprint density at radius 3 is 2.79 bits per heavy atom. The van der Waals surface area contributed by atoms with Crippen LogP contribution in [0.25, 0.3) is 10.6 Å². The zero-order chi connectivity index (χ0) is 20.9. The van der Waals surface area contributed by atoms with Crippen molar-refractivity contribution in [3.63, 3.8) is 0 Å². The van der Waals surface area contributed by atoms with Crippen LogP contribution in [0.15, 0.2) is 48.0 Å². The molecule has 29 heavy (non-hydrogen) atoms. The number of ether oxygens (including phenoxy) is 1. The highest BCUT2D eigenvalue weighted by molar-refractivity contribution is 7.13. The second-order valence-corrected chi connectivity index (χ2v) is 7.25. The molecule has 0 bridgehead atoms. The molecule has 5 nitrogen and oxygen atoms in total. The van der Waals surface area contributed by atoms with Crippen molar-refractivity contribution in [1.29, 1.82) is 0 Å². The average molecular weight is 442 g/mol.